The van der Waals surface area contributed by atoms with E-state index < -0.39 is 30.1 Å². The zero-order chi connectivity index (χ0) is 37.2. The Labute approximate surface area is 292 Å². The molecule has 4 aromatic carbocycles. The number of nitrogen functional groups attached to an aromatic ring is 1. The molecule has 0 aliphatic heterocycles. The Morgan fingerprint density at radius 2 is 1.10 bits per heavy atom. The van der Waals surface area contributed by atoms with Crippen molar-refractivity contribution >= 4 is 29.3 Å². The number of carbonyl (C=O) groups excluding carboxylic acids is 3. The maximum absolute atomic E-state index is 13.1. The van der Waals surface area contributed by atoms with E-state index in [2.05, 4.69) is 18.5 Å². The van der Waals surface area contributed by atoms with Crippen LogP contribution in [-0.4, -0.2) is 31.1 Å². The normalized spacial score (nSPS) is 11.2. The topological polar surface area (TPSA) is 117 Å². The largest absolute Gasteiger partial charge is 0.463 e. The van der Waals surface area contributed by atoms with Crippen molar-refractivity contribution in [2.24, 2.45) is 0 Å². The second kappa shape index (κ2) is 20.6. The number of halogens is 2. The predicted octanol–water partition coefficient (Wildman–Crippen LogP) is 8.53. The van der Waals surface area contributed by atoms with Gasteiger partial charge in [0.25, 0.3) is 0 Å². The fraction of sp³-hybridized carbons (Fsp3) is 0.225. The van der Waals surface area contributed by atoms with Crippen LogP contribution in [-0.2, 0) is 28.6 Å². The van der Waals surface area contributed by atoms with Crippen molar-refractivity contribution in [3.8, 4) is 0 Å². The average molecular weight is 687 g/mol. The van der Waals surface area contributed by atoms with Gasteiger partial charge in [0.1, 0.15) is 11.6 Å². The first-order valence-corrected chi connectivity index (χ1v) is 15.8. The summed E-state index contributed by atoms with van der Waals surface area (Å²) < 4.78 is 40.2. The Bertz CT molecular complexity index is 1680. The lowest BCUT2D eigenvalue weighted by molar-refractivity contribution is -0.148. The van der Waals surface area contributed by atoms with Gasteiger partial charge in [0.05, 0.1) is 30.4 Å². The van der Waals surface area contributed by atoms with Crippen molar-refractivity contribution in [3.05, 3.63) is 155 Å². The van der Waals surface area contributed by atoms with Gasteiger partial charge in [-0.2, -0.15) is 0 Å². The average Bonchev–Trinajstić information content (AvgIpc) is 3.09. The third-order valence-corrected chi connectivity index (χ3v) is 6.84. The van der Waals surface area contributed by atoms with Gasteiger partial charge in [-0.05, 0) is 87.4 Å². The number of aryl methyl sites for hydroxylation is 2. The Morgan fingerprint density at radius 3 is 1.52 bits per heavy atom. The molecule has 264 valence electrons. The van der Waals surface area contributed by atoms with E-state index in [1.165, 1.54) is 43.3 Å². The van der Waals surface area contributed by atoms with Crippen molar-refractivity contribution in [2.75, 3.05) is 24.3 Å². The highest BCUT2D eigenvalue weighted by atomic mass is 19.1. The van der Waals surface area contributed by atoms with Crippen LogP contribution in [0.4, 0.5) is 20.2 Å². The molecule has 10 heteroatoms. The summed E-state index contributed by atoms with van der Waals surface area (Å²) in [5.41, 5.74) is 10.7. The van der Waals surface area contributed by atoms with Crippen LogP contribution in [0.25, 0.3) is 0 Å². The minimum absolute atomic E-state index is 0.112. The van der Waals surface area contributed by atoms with Crippen LogP contribution in [0.15, 0.2) is 121 Å². The molecule has 0 bridgehead atoms. The minimum Gasteiger partial charge on any atom is -0.463 e. The smallest absolute Gasteiger partial charge is 0.337 e. The molecule has 50 heavy (non-hydrogen) atoms. The Hall–Kier alpha value is -5.77. The van der Waals surface area contributed by atoms with Crippen molar-refractivity contribution in [3.63, 3.8) is 0 Å². The van der Waals surface area contributed by atoms with E-state index in [0.29, 0.717) is 22.5 Å². The molecule has 0 fully saturated rings. The highest BCUT2D eigenvalue weighted by Crippen LogP contribution is 2.28. The molecule has 0 spiro atoms. The molecule has 0 amide bonds. The van der Waals surface area contributed by atoms with Crippen LogP contribution in [0.2, 0.25) is 0 Å². The summed E-state index contributed by atoms with van der Waals surface area (Å²) in [5, 5.41) is 3.21. The maximum Gasteiger partial charge on any atom is 0.337 e. The number of carbonyl (C=O) groups is 3. The van der Waals surface area contributed by atoms with Crippen LogP contribution in [0.1, 0.15) is 55.2 Å². The molecular weight excluding hydrogens is 642 g/mol. The number of ether oxygens (including phenoxy) is 3. The minimum atomic E-state index is -0.808. The monoisotopic (exact) mass is 686 g/mol. The van der Waals surface area contributed by atoms with Gasteiger partial charge in [0.2, 0.25) is 0 Å². The van der Waals surface area contributed by atoms with E-state index in [9.17, 15) is 23.2 Å². The lowest BCUT2D eigenvalue weighted by atomic mass is 9.98. The number of nitrogens with two attached hydrogens (primary N) is 1. The van der Waals surface area contributed by atoms with Crippen molar-refractivity contribution < 1.29 is 37.4 Å². The molecule has 0 aliphatic carbocycles. The zero-order valence-corrected chi connectivity index (χ0v) is 29.0. The molecule has 0 aliphatic rings. The van der Waals surface area contributed by atoms with Crippen molar-refractivity contribution in [2.45, 2.75) is 46.8 Å². The van der Waals surface area contributed by atoms with Crippen molar-refractivity contribution in [1.29, 1.82) is 0 Å². The first-order valence-electron chi connectivity index (χ1n) is 15.8. The highest BCUT2D eigenvalue weighted by molar-refractivity contribution is 5.90. The fourth-order valence-electron chi connectivity index (χ4n) is 4.23. The molecule has 2 atom stereocenters. The summed E-state index contributed by atoms with van der Waals surface area (Å²) in [6, 6.07) is 26.4. The summed E-state index contributed by atoms with van der Waals surface area (Å²) in [4.78, 5) is 34.9. The molecule has 0 radical (unpaired) electrons. The van der Waals surface area contributed by atoms with Gasteiger partial charge >= 0.3 is 17.9 Å². The molecule has 4 rings (SSSR count). The van der Waals surface area contributed by atoms with Crippen molar-refractivity contribution in [1.82, 2.24) is 0 Å². The van der Waals surface area contributed by atoms with E-state index in [-0.39, 0.29) is 30.4 Å². The van der Waals surface area contributed by atoms with Crippen LogP contribution < -0.4 is 11.1 Å². The van der Waals surface area contributed by atoms with Gasteiger partial charge in [0, 0.05) is 18.3 Å². The van der Waals surface area contributed by atoms with Crippen LogP contribution >= 0.6 is 0 Å². The Balaban J connectivity index is 0.000000288. The number of benzene rings is 4. The van der Waals surface area contributed by atoms with Gasteiger partial charge in [-0.15, -0.1) is 0 Å². The second-order valence-electron chi connectivity index (χ2n) is 10.9. The summed E-state index contributed by atoms with van der Waals surface area (Å²) >= 11 is 0. The molecule has 4 aromatic rings. The molecule has 0 heterocycles. The third-order valence-electron chi connectivity index (χ3n) is 6.84. The number of nitrogens with one attached hydrogen (secondary N) is 1. The Morgan fingerprint density at radius 1 is 0.680 bits per heavy atom. The van der Waals surface area contributed by atoms with Gasteiger partial charge in [-0.3, -0.25) is 4.79 Å². The number of anilines is 2. The molecule has 0 saturated heterocycles. The summed E-state index contributed by atoms with van der Waals surface area (Å²) in [7, 11) is 0. The van der Waals surface area contributed by atoms with Gasteiger partial charge in [-0.1, -0.05) is 72.8 Å². The third kappa shape index (κ3) is 13.8. The van der Waals surface area contributed by atoms with E-state index in [1.807, 2.05) is 50.2 Å². The molecular formula is C40H44F2N2O6. The van der Waals surface area contributed by atoms with E-state index in [1.54, 1.807) is 38.1 Å². The first kappa shape index (κ1) is 40.4. The first-order chi connectivity index (χ1) is 23.7. The van der Waals surface area contributed by atoms with Gasteiger partial charge in [0.15, 0.2) is 6.10 Å². The number of hydrogen-bond donors (Lipinski definition) is 2. The number of rotatable bonds is 11. The standard InChI is InChI=1S/C19H20FNO2.C15H18O4.C6H6FN/c1-4-23-19(22)14(3)18(15-7-5-13(2)6-8-15)21-17-11-9-16(20)10-12-17;1-5-18-15(17)11(3)14(19-12(4)16)13-8-6-10(2)7-9-13;7-5-1-3-6(8)4-2-5/h5-12,18,21H,3-4H2,1-2H3;6-9,14H,3,5H2,1-2,4H3;1-4H,8H2/t18-;;/m0../s1. The molecule has 0 saturated carbocycles. The molecule has 1 unspecified atom stereocenters. The molecule has 8 nitrogen and oxygen atoms in total. The molecule has 3 N–H and O–H groups in total. The maximum atomic E-state index is 13.1. The summed E-state index contributed by atoms with van der Waals surface area (Å²) in [6.45, 7) is 16.8. The van der Waals surface area contributed by atoms with Crippen LogP contribution in [0, 0.1) is 25.5 Å². The van der Waals surface area contributed by atoms with Gasteiger partial charge < -0.3 is 25.3 Å². The lowest BCUT2D eigenvalue weighted by Crippen LogP contribution is -2.20. The Kier molecular flexibility index (Phi) is 16.6. The second-order valence-corrected chi connectivity index (χ2v) is 10.9. The number of esters is 3. The summed E-state index contributed by atoms with van der Waals surface area (Å²) in [6.07, 6.45) is -0.808. The lowest BCUT2D eigenvalue weighted by Gasteiger charge is -2.22. The fourth-order valence-corrected chi connectivity index (χ4v) is 4.23. The van der Waals surface area contributed by atoms with Crippen LogP contribution in [0.5, 0.6) is 0 Å². The quantitative estimate of drug-likeness (QED) is 0.0698. The van der Waals surface area contributed by atoms with E-state index in [0.717, 1.165) is 16.7 Å². The predicted molar refractivity (Wildman–Crippen MR) is 192 cm³/mol. The SMILES string of the molecule is C=C(C(=O)OCC)C(OC(C)=O)c1ccc(C)cc1.C=C(C(=O)OCC)[C@H](Nc1ccc(F)cc1)c1ccc(C)cc1.Nc1ccc(F)cc1. The molecule has 0 aromatic heterocycles. The van der Waals surface area contributed by atoms with E-state index >= 15 is 0 Å². The van der Waals surface area contributed by atoms with Crippen LogP contribution in [0.3, 0.4) is 0 Å². The highest BCUT2D eigenvalue weighted by Gasteiger charge is 2.25. The van der Waals surface area contributed by atoms with Gasteiger partial charge in [-0.25, -0.2) is 18.4 Å². The summed E-state index contributed by atoms with van der Waals surface area (Å²) in [5.74, 6) is -2.05. The number of hydrogen-bond acceptors (Lipinski definition) is 8. The zero-order valence-electron chi connectivity index (χ0n) is 29.0. The van der Waals surface area contributed by atoms with E-state index in [4.69, 9.17) is 19.9 Å².